The standard InChI is InChI=1S/C16H21NO3/c1-16(2,15(19)20)10-17-14(18)13-9-5-7-11-6-3-4-8-12(11)13/h3-4,6,8,13H,5,7,9-10H2,1-2H3,(H,17,18)(H,19,20). The van der Waals surface area contributed by atoms with E-state index < -0.39 is 11.4 Å². The summed E-state index contributed by atoms with van der Waals surface area (Å²) in [4.78, 5) is 23.4. The van der Waals surface area contributed by atoms with E-state index in [9.17, 15) is 9.59 Å². The van der Waals surface area contributed by atoms with Gasteiger partial charge in [-0.25, -0.2) is 0 Å². The minimum Gasteiger partial charge on any atom is -0.481 e. The Labute approximate surface area is 119 Å². The number of nitrogens with one attached hydrogen (secondary N) is 1. The number of fused-ring (bicyclic) bond motifs is 1. The van der Waals surface area contributed by atoms with Crippen LogP contribution < -0.4 is 5.32 Å². The Morgan fingerprint density at radius 1 is 1.35 bits per heavy atom. The van der Waals surface area contributed by atoms with E-state index >= 15 is 0 Å². The Balaban J connectivity index is 2.06. The highest BCUT2D eigenvalue weighted by Crippen LogP contribution is 2.31. The lowest BCUT2D eigenvalue weighted by Crippen LogP contribution is -2.41. The molecule has 1 aliphatic carbocycles. The summed E-state index contributed by atoms with van der Waals surface area (Å²) in [7, 11) is 0. The minimum absolute atomic E-state index is 0.0634. The lowest BCUT2D eigenvalue weighted by Gasteiger charge is -2.26. The van der Waals surface area contributed by atoms with Crippen LogP contribution in [-0.4, -0.2) is 23.5 Å². The van der Waals surface area contributed by atoms with Gasteiger partial charge in [0.1, 0.15) is 0 Å². The number of hydrogen-bond acceptors (Lipinski definition) is 2. The monoisotopic (exact) mass is 275 g/mol. The van der Waals surface area contributed by atoms with Crippen LogP contribution >= 0.6 is 0 Å². The number of carbonyl (C=O) groups is 2. The number of carbonyl (C=O) groups excluding carboxylic acids is 1. The van der Waals surface area contributed by atoms with Crippen LogP contribution in [0.3, 0.4) is 0 Å². The molecule has 0 fully saturated rings. The molecule has 0 saturated carbocycles. The van der Waals surface area contributed by atoms with E-state index in [1.807, 2.05) is 18.2 Å². The van der Waals surface area contributed by atoms with E-state index in [4.69, 9.17) is 5.11 Å². The molecule has 1 aromatic rings. The van der Waals surface area contributed by atoms with Gasteiger partial charge in [0.05, 0.1) is 11.3 Å². The summed E-state index contributed by atoms with van der Waals surface area (Å²) in [5.74, 6) is -1.11. The zero-order valence-electron chi connectivity index (χ0n) is 12.0. The van der Waals surface area contributed by atoms with Crippen LogP contribution in [0.5, 0.6) is 0 Å². The van der Waals surface area contributed by atoms with Crippen molar-refractivity contribution < 1.29 is 14.7 Å². The van der Waals surface area contributed by atoms with Gasteiger partial charge in [-0.05, 0) is 44.2 Å². The van der Waals surface area contributed by atoms with Crippen molar-refractivity contribution in [2.45, 2.75) is 39.0 Å². The molecule has 0 spiro atoms. The van der Waals surface area contributed by atoms with Gasteiger partial charge < -0.3 is 10.4 Å². The second kappa shape index (κ2) is 5.65. The molecule has 4 heteroatoms. The summed E-state index contributed by atoms with van der Waals surface area (Å²) < 4.78 is 0. The third kappa shape index (κ3) is 3.00. The second-order valence-corrected chi connectivity index (χ2v) is 6.05. The molecule has 108 valence electrons. The lowest BCUT2D eigenvalue weighted by molar-refractivity contribution is -0.146. The molecular weight excluding hydrogens is 254 g/mol. The van der Waals surface area contributed by atoms with Crippen LogP contribution in [0, 0.1) is 5.41 Å². The van der Waals surface area contributed by atoms with Crippen molar-refractivity contribution >= 4 is 11.9 Å². The Bertz CT molecular complexity index is 522. The van der Waals surface area contributed by atoms with Crippen molar-refractivity contribution in [3.05, 3.63) is 35.4 Å². The molecule has 1 aliphatic rings. The fourth-order valence-electron chi connectivity index (χ4n) is 2.53. The molecule has 2 rings (SSSR count). The van der Waals surface area contributed by atoms with E-state index in [0.29, 0.717) is 0 Å². The van der Waals surface area contributed by atoms with E-state index in [1.54, 1.807) is 13.8 Å². The number of rotatable bonds is 4. The first-order valence-corrected chi connectivity index (χ1v) is 7.01. The maximum absolute atomic E-state index is 12.3. The zero-order chi connectivity index (χ0) is 14.8. The molecule has 0 aliphatic heterocycles. The van der Waals surface area contributed by atoms with Gasteiger partial charge in [-0.3, -0.25) is 9.59 Å². The Kier molecular flexibility index (Phi) is 4.12. The summed E-state index contributed by atoms with van der Waals surface area (Å²) in [6.45, 7) is 3.38. The van der Waals surface area contributed by atoms with Crippen molar-refractivity contribution in [1.82, 2.24) is 5.32 Å². The van der Waals surface area contributed by atoms with Crippen LogP contribution in [0.1, 0.15) is 43.7 Å². The van der Waals surface area contributed by atoms with Gasteiger partial charge in [0.15, 0.2) is 0 Å². The van der Waals surface area contributed by atoms with Gasteiger partial charge in [-0.1, -0.05) is 24.3 Å². The van der Waals surface area contributed by atoms with E-state index in [-0.39, 0.29) is 18.4 Å². The molecule has 0 radical (unpaired) electrons. The van der Waals surface area contributed by atoms with Crippen LogP contribution in [-0.2, 0) is 16.0 Å². The molecule has 20 heavy (non-hydrogen) atoms. The van der Waals surface area contributed by atoms with Crippen molar-refractivity contribution in [2.24, 2.45) is 5.41 Å². The molecule has 4 nitrogen and oxygen atoms in total. The predicted molar refractivity (Wildman–Crippen MR) is 76.5 cm³/mol. The Morgan fingerprint density at radius 2 is 2.05 bits per heavy atom. The number of aryl methyl sites for hydroxylation is 1. The fraction of sp³-hybridized carbons (Fsp3) is 0.500. The summed E-state index contributed by atoms with van der Waals surface area (Å²) >= 11 is 0. The summed E-state index contributed by atoms with van der Waals surface area (Å²) in [6, 6.07) is 8.01. The number of benzene rings is 1. The normalized spacial score (nSPS) is 18.2. The van der Waals surface area contributed by atoms with Gasteiger partial charge >= 0.3 is 5.97 Å². The lowest BCUT2D eigenvalue weighted by atomic mass is 9.82. The fourth-order valence-corrected chi connectivity index (χ4v) is 2.53. The summed E-state index contributed by atoms with van der Waals surface area (Å²) in [6.07, 6.45) is 2.84. The Morgan fingerprint density at radius 3 is 2.75 bits per heavy atom. The maximum Gasteiger partial charge on any atom is 0.310 e. The highest BCUT2D eigenvalue weighted by atomic mass is 16.4. The SMILES string of the molecule is CC(C)(CNC(=O)C1CCCc2ccccc21)C(=O)O. The number of carboxylic acid groups (broad SMARTS) is 1. The first-order chi connectivity index (χ1) is 9.42. The molecule has 0 heterocycles. The van der Waals surface area contributed by atoms with Gasteiger partial charge in [0.2, 0.25) is 5.91 Å². The van der Waals surface area contributed by atoms with Crippen LogP contribution in [0.15, 0.2) is 24.3 Å². The smallest absolute Gasteiger partial charge is 0.310 e. The third-order valence-electron chi connectivity index (χ3n) is 3.97. The van der Waals surface area contributed by atoms with Crippen LogP contribution in [0.2, 0.25) is 0 Å². The first kappa shape index (κ1) is 14.6. The largest absolute Gasteiger partial charge is 0.481 e. The average molecular weight is 275 g/mol. The molecule has 1 amide bonds. The Hall–Kier alpha value is -1.84. The molecule has 1 unspecified atom stereocenters. The number of hydrogen-bond donors (Lipinski definition) is 2. The van der Waals surface area contributed by atoms with Crippen LogP contribution in [0.25, 0.3) is 0 Å². The minimum atomic E-state index is -0.941. The van der Waals surface area contributed by atoms with Crippen molar-refractivity contribution in [3.63, 3.8) is 0 Å². The van der Waals surface area contributed by atoms with E-state index in [0.717, 1.165) is 24.8 Å². The highest BCUT2D eigenvalue weighted by Gasteiger charge is 2.30. The van der Waals surface area contributed by atoms with Gasteiger partial charge in [-0.15, -0.1) is 0 Å². The molecule has 2 N–H and O–H groups in total. The molecular formula is C16H21NO3. The summed E-state index contributed by atoms with van der Waals surface area (Å²) in [5, 5.41) is 11.9. The van der Waals surface area contributed by atoms with Gasteiger partial charge in [0, 0.05) is 6.54 Å². The predicted octanol–water partition coefficient (Wildman–Crippen LogP) is 2.33. The van der Waals surface area contributed by atoms with Gasteiger partial charge in [0.25, 0.3) is 0 Å². The van der Waals surface area contributed by atoms with Crippen molar-refractivity contribution in [2.75, 3.05) is 6.54 Å². The first-order valence-electron chi connectivity index (χ1n) is 7.01. The molecule has 1 aromatic carbocycles. The molecule has 0 saturated heterocycles. The van der Waals surface area contributed by atoms with Crippen molar-refractivity contribution in [1.29, 1.82) is 0 Å². The molecule has 0 aromatic heterocycles. The number of carboxylic acids is 1. The average Bonchev–Trinajstić information content (AvgIpc) is 2.44. The third-order valence-corrected chi connectivity index (χ3v) is 3.97. The van der Waals surface area contributed by atoms with Crippen LogP contribution in [0.4, 0.5) is 0 Å². The van der Waals surface area contributed by atoms with Crippen molar-refractivity contribution in [3.8, 4) is 0 Å². The van der Waals surface area contributed by atoms with E-state index in [2.05, 4.69) is 11.4 Å². The number of amides is 1. The van der Waals surface area contributed by atoms with E-state index in [1.165, 1.54) is 5.56 Å². The second-order valence-electron chi connectivity index (χ2n) is 6.05. The summed E-state index contributed by atoms with van der Waals surface area (Å²) in [5.41, 5.74) is 1.38. The quantitative estimate of drug-likeness (QED) is 0.886. The van der Waals surface area contributed by atoms with Gasteiger partial charge in [-0.2, -0.15) is 0 Å². The number of aliphatic carboxylic acids is 1. The highest BCUT2D eigenvalue weighted by molar-refractivity contribution is 5.85. The molecule has 0 bridgehead atoms. The topological polar surface area (TPSA) is 66.4 Å². The maximum atomic E-state index is 12.3. The zero-order valence-corrected chi connectivity index (χ0v) is 12.0. The molecule has 1 atom stereocenters.